The summed E-state index contributed by atoms with van der Waals surface area (Å²) in [6.45, 7) is 2.12. The second-order valence-corrected chi connectivity index (χ2v) is 9.66. The number of hydrogen-bond acceptors (Lipinski definition) is 7. The monoisotopic (exact) mass is 526 g/mol. The fourth-order valence-corrected chi connectivity index (χ4v) is 5.13. The summed E-state index contributed by atoms with van der Waals surface area (Å²) >= 11 is 7.17. The summed E-state index contributed by atoms with van der Waals surface area (Å²) < 4.78 is 24.3. The maximum absolute atomic E-state index is 13.1. The summed E-state index contributed by atoms with van der Waals surface area (Å²) in [7, 11) is 0. The highest BCUT2D eigenvalue weighted by atomic mass is 35.5. The van der Waals surface area contributed by atoms with Gasteiger partial charge in [-0.2, -0.15) is 0 Å². The summed E-state index contributed by atoms with van der Waals surface area (Å²) in [5, 5.41) is 0. The predicted molar refractivity (Wildman–Crippen MR) is 138 cm³/mol. The molecule has 0 unspecified atom stereocenters. The van der Waals surface area contributed by atoms with E-state index in [1.165, 1.54) is 11.8 Å². The molecule has 0 N–H and O–H groups in total. The zero-order valence-electron chi connectivity index (χ0n) is 19.7. The number of ether oxygens (including phenoxy) is 4. The number of benzene rings is 3. The molecule has 3 aromatic carbocycles. The molecule has 5 atom stereocenters. The third-order valence-electron chi connectivity index (χ3n) is 5.64. The van der Waals surface area contributed by atoms with E-state index in [1.807, 2.05) is 73.7 Å². The maximum atomic E-state index is 13.1. The van der Waals surface area contributed by atoms with Gasteiger partial charge in [0.1, 0.15) is 17.4 Å². The van der Waals surface area contributed by atoms with Gasteiger partial charge in [-0.1, -0.05) is 78.5 Å². The first-order valence-electron chi connectivity index (χ1n) is 11.6. The van der Waals surface area contributed by atoms with Gasteiger partial charge in [0.25, 0.3) is 0 Å². The lowest BCUT2D eigenvalue weighted by atomic mass is 9.99. The Hall–Kier alpha value is -2.84. The zero-order valence-corrected chi connectivity index (χ0v) is 21.3. The molecule has 36 heavy (non-hydrogen) atoms. The lowest BCUT2D eigenvalue weighted by molar-refractivity contribution is -0.224. The topological polar surface area (TPSA) is 71.1 Å². The lowest BCUT2D eigenvalue weighted by Crippen LogP contribution is -2.59. The van der Waals surface area contributed by atoms with Crippen molar-refractivity contribution in [2.24, 2.45) is 0 Å². The van der Waals surface area contributed by atoms with E-state index in [2.05, 4.69) is 0 Å². The van der Waals surface area contributed by atoms with Gasteiger partial charge in [-0.15, -0.1) is 11.6 Å². The smallest absolute Gasteiger partial charge is 0.338 e. The van der Waals surface area contributed by atoms with Crippen LogP contribution in [-0.2, 0) is 30.3 Å². The van der Waals surface area contributed by atoms with Gasteiger partial charge in [0.2, 0.25) is 0 Å². The van der Waals surface area contributed by atoms with Crippen LogP contribution in [0, 0.1) is 0 Å². The summed E-state index contributed by atoms with van der Waals surface area (Å²) in [5.74, 6) is -1.52. The first-order valence-corrected chi connectivity index (χ1v) is 13.0. The van der Waals surface area contributed by atoms with Gasteiger partial charge in [-0.05, 0) is 36.8 Å². The molecule has 1 aliphatic rings. The highest BCUT2D eigenvalue weighted by Gasteiger charge is 2.50. The van der Waals surface area contributed by atoms with Crippen LogP contribution >= 0.6 is 23.4 Å². The predicted octanol–water partition coefficient (Wildman–Crippen LogP) is 5.49. The van der Waals surface area contributed by atoms with Crippen molar-refractivity contribution in [3.63, 3.8) is 0 Å². The fraction of sp³-hybridized carbons (Fsp3) is 0.286. The van der Waals surface area contributed by atoms with E-state index in [1.54, 1.807) is 24.3 Å². The molecule has 8 heteroatoms. The van der Waals surface area contributed by atoms with Crippen molar-refractivity contribution in [3.05, 3.63) is 102 Å². The van der Waals surface area contributed by atoms with Crippen molar-refractivity contribution in [2.75, 3.05) is 5.88 Å². The van der Waals surface area contributed by atoms with Crippen LogP contribution in [0.3, 0.4) is 0 Å². The van der Waals surface area contributed by atoms with Crippen molar-refractivity contribution in [2.45, 2.75) is 48.3 Å². The summed E-state index contributed by atoms with van der Waals surface area (Å²) in [6.07, 6.45) is -3.04. The Kier molecular flexibility index (Phi) is 9.41. The molecule has 0 aliphatic carbocycles. The second kappa shape index (κ2) is 12.9. The molecule has 0 amide bonds. The average Bonchev–Trinajstić information content (AvgIpc) is 2.91. The van der Waals surface area contributed by atoms with E-state index < -0.39 is 41.8 Å². The molecule has 0 bridgehead atoms. The van der Waals surface area contributed by atoms with Crippen LogP contribution in [-0.4, -0.2) is 47.7 Å². The van der Waals surface area contributed by atoms with Gasteiger partial charge < -0.3 is 18.9 Å². The molecule has 1 fully saturated rings. The van der Waals surface area contributed by atoms with Crippen LogP contribution in [0.1, 0.15) is 22.8 Å². The van der Waals surface area contributed by atoms with Crippen LogP contribution in [0.25, 0.3) is 0 Å². The Morgan fingerprint density at radius 1 is 0.833 bits per heavy atom. The molecule has 1 heterocycles. The molecule has 0 aromatic heterocycles. The Balaban J connectivity index is 1.64. The van der Waals surface area contributed by atoms with Crippen molar-refractivity contribution in [1.82, 2.24) is 0 Å². The van der Waals surface area contributed by atoms with Crippen molar-refractivity contribution in [3.8, 4) is 0 Å². The minimum atomic E-state index is -0.952. The number of alkyl halides is 1. The number of halogens is 1. The number of carbonyl (C=O) groups excluding carboxylic acids is 2. The van der Waals surface area contributed by atoms with E-state index in [9.17, 15) is 9.59 Å². The van der Waals surface area contributed by atoms with Crippen LogP contribution in [0.2, 0.25) is 0 Å². The van der Waals surface area contributed by atoms with E-state index in [-0.39, 0.29) is 12.5 Å². The molecule has 0 saturated carbocycles. The summed E-state index contributed by atoms with van der Waals surface area (Å²) in [6, 6.07) is 27.9. The molecule has 1 saturated heterocycles. The molecule has 0 radical (unpaired) electrons. The standard InChI is InChI=1S/C28H27ClO6S/c1-19-24(32-18-20-11-5-2-6-12-20)25(34-23(30)17-29)26(35-27(31)21-13-7-3-8-14-21)28(33-19)36-22-15-9-4-10-16-22/h2-16,19,24-26,28H,17-18H2,1H3/t19-,24-,25+,26+,28-/m0/s1. The van der Waals surface area contributed by atoms with Crippen molar-refractivity contribution in [1.29, 1.82) is 0 Å². The van der Waals surface area contributed by atoms with E-state index in [0.717, 1.165) is 10.5 Å². The number of esters is 2. The number of hydrogen-bond donors (Lipinski definition) is 0. The van der Waals surface area contributed by atoms with Gasteiger partial charge in [0.15, 0.2) is 12.2 Å². The molecular weight excluding hydrogens is 500 g/mol. The minimum Gasteiger partial charge on any atom is -0.454 e. The zero-order chi connectivity index (χ0) is 25.3. The maximum Gasteiger partial charge on any atom is 0.338 e. The number of thioether (sulfide) groups is 1. The Morgan fingerprint density at radius 3 is 2.08 bits per heavy atom. The average molecular weight is 527 g/mol. The Labute approximate surface area is 219 Å². The molecule has 188 valence electrons. The third-order valence-corrected chi connectivity index (χ3v) is 7.01. The fourth-order valence-electron chi connectivity index (χ4n) is 3.91. The van der Waals surface area contributed by atoms with E-state index in [0.29, 0.717) is 5.56 Å². The van der Waals surface area contributed by atoms with Crippen LogP contribution in [0.5, 0.6) is 0 Å². The van der Waals surface area contributed by atoms with Gasteiger partial charge >= 0.3 is 11.9 Å². The molecule has 4 rings (SSSR count). The second-order valence-electron chi connectivity index (χ2n) is 8.23. The molecule has 3 aromatic rings. The van der Waals surface area contributed by atoms with Gasteiger partial charge in [0, 0.05) is 4.90 Å². The summed E-state index contributed by atoms with van der Waals surface area (Å²) in [5.41, 5.74) is 0.675. The first kappa shape index (κ1) is 26.2. The van der Waals surface area contributed by atoms with Crippen LogP contribution in [0.4, 0.5) is 0 Å². The lowest BCUT2D eigenvalue weighted by Gasteiger charge is -2.44. The van der Waals surface area contributed by atoms with Crippen LogP contribution < -0.4 is 0 Å². The third kappa shape index (κ3) is 6.89. The highest BCUT2D eigenvalue weighted by Crippen LogP contribution is 2.37. The number of rotatable bonds is 9. The van der Waals surface area contributed by atoms with Crippen molar-refractivity contribution < 1.29 is 28.5 Å². The van der Waals surface area contributed by atoms with E-state index >= 15 is 0 Å². The Bertz CT molecular complexity index is 1110. The molecule has 0 spiro atoms. The van der Waals surface area contributed by atoms with Gasteiger partial charge in [-0.25, -0.2) is 4.79 Å². The SMILES string of the molecule is C[C@@H]1O[C@@H](Sc2ccccc2)[C@H](OC(=O)c2ccccc2)[C@H](OC(=O)CCl)[C@H]1OCc1ccccc1. The van der Waals surface area contributed by atoms with Gasteiger partial charge in [0.05, 0.1) is 18.3 Å². The quantitative estimate of drug-likeness (QED) is 0.270. The van der Waals surface area contributed by atoms with E-state index in [4.69, 9.17) is 30.5 Å². The highest BCUT2D eigenvalue weighted by molar-refractivity contribution is 7.99. The minimum absolute atomic E-state index is 0.268. The first-order chi connectivity index (χ1) is 17.5. The summed E-state index contributed by atoms with van der Waals surface area (Å²) in [4.78, 5) is 26.4. The molecular formula is C28H27ClO6S. The Morgan fingerprint density at radius 2 is 1.44 bits per heavy atom. The van der Waals surface area contributed by atoms with Gasteiger partial charge in [-0.3, -0.25) is 4.79 Å². The van der Waals surface area contributed by atoms with Crippen molar-refractivity contribution >= 4 is 35.3 Å². The normalized spacial score (nSPS) is 23.6. The van der Waals surface area contributed by atoms with Crippen LogP contribution in [0.15, 0.2) is 95.9 Å². The largest absolute Gasteiger partial charge is 0.454 e. The molecule has 1 aliphatic heterocycles. The number of carbonyl (C=O) groups is 2. The molecule has 6 nitrogen and oxygen atoms in total.